The molecule has 1 aromatic heterocycles. The van der Waals surface area contributed by atoms with Crippen molar-refractivity contribution in [2.45, 2.75) is 0 Å². The van der Waals surface area contributed by atoms with E-state index in [1.165, 1.54) is 0 Å². The highest BCUT2D eigenvalue weighted by molar-refractivity contribution is 6.14. The molecule has 86 valence electrons. The summed E-state index contributed by atoms with van der Waals surface area (Å²) in [4.78, 5) is 14.1. The van der Waals surface area contributed by atoms with E-state index in [1.54, 1.807) is 12.3 Å². The first kappa shape index (κ1) is 11.5. The lowest BCUT2D eigenvalue weighted by Crippen LogP contribution is -1.97. The van der Waals surface area contributed by atoms with E-state index >= 15 is 0 Å². The molecule has 2 N–H and O–H groups in total. The van der Waals surface area contributed by atoms with Crippen molar-refractivity contribution in [3.8, 4) is 0 Å². The maximum absolute atomic E-state index is 11.1. The van der Waals surface area contributed by atoms with E-state index in [4.69, 9.17) is 5.11 Å². The zero-order valence-electron chi connectivity index (χ0n) is 8.81. The molecule has 0 saturated heterocycles. The quantitative estimate of drug-likeness (QED) is 0.692. The average Bonchev–Trinajstić information content (AvgIpc) is 2.76. The molecule has 0 saturated carbocycles. The number of rotatable bonds is 1. The Morgan fingerprint density at radius 1 is 1.12 bits per heavy atom. The first-order valence-electron chi connectivity index (χ1n) is 4.99. The zero-order valence-corrected chi connectivity index (χ0v) is 9.62. The third-order valence-corrected chi connectivity index (χ3v) is 2.80. The maximum atomic E-state index is 11.1. The molecule has 0 aliphatic heterocycles. The van der Waals surface area contributed by atoms with Crippen molar-refractivity contribution < 1.29 is 9.90 Å². The molecular weight excluding hydrogens is 238 g/mol. The highest BCUT2D eigenvalue weighted by Gasteiger charge is 2.12. The third-order valence-electron chi connectivity index (χ3n) is 2.80. The number of H-pyrrole nitrogens is 1. The van der Waals surface area contributed by atoms with Gasteiger partial charge in [-0.05, 0) is 22.9 Å². The Morgan fingerprint density at radius 2 is 1.88 bits per heavy atom. The van der Waals surface area contributed by atoms with Crippen molar-refractivity contribution in [2.24, 2.45) is 0 Å². The number of benzene rings is 2. The van der Waals surface area contributed by atoms with E-state index in [2.05, 4.69) is 4.98 Å². The molecule has 0 spiro atoms. The van der Waals surface area contributed by atoms with E-state index in [0.29, 0.717) is 11.1 Å². The van der Waals surface area contributed by atoms with Crippen LogP contribution in [0.2, 0.25) is 0 Å². The first-order valence-corrected chi connectivity index (χ1v) is 4.99. The smallest absolute Gasteiger partial charge is 0.337 e. The molecular formula is C13H10ClNO2. The van der Waals surface area contributed by atoms with Crippen LogP contribution in [-0.2, 0) is 0 Å². The molecule has 0 aliphatic rings. The maximum Gasteiger partial charge on any atom is 0.337 e. The number of aromatic nitrogens is 1. The number of nitrogens with one attached hydrogen (secondary N) is 1. The van der Waals surface area contributed by atoms with Gasteiger partial charge in [-0.2, -0.15) is 0 Å². The highest BCUT2D eigenvalue weighted by atomic mass is 35.5. The van der Waals surface area contributed by atoms with Gasteiger partial charge in [-0.15, -0.1) is 12.4 Å². The molecule has 0 amide bonds. The number of halogens is 1. The van der Waals surface area contributed by atoms with Gasteiger partial charge in [0.2, 0.25) is 0 Å². The lowest BCUT2D eigenvalue weighted by atomic mass is 10.0. The van der Waals surface area contributed by atoms with Gasteiger partial charge < -0.3 is 10.1 Å². The second-order valence-corrected chi connectivity index (χ2v) is 3.72. The lowest BCUT2D eigenvalue weighted by molar-refractivity contribution is 0.0699. The normalized spacial score (nSPS) is 10.4. The lowest BCUT2D eigenvalue weighted by Gasteiger charge is -2.03. The Bertz CT molecular complexity index is 703. The number of aromatic amines is 1. The molecule has 0 aliphatic carbocycles. The number of aromatic carboxylic acids is 1. The minimum absolute atomic E-state index is 0. The van der Waals surface area contributed by atoms with Crippen LogP contribution in [0.25, 0.3) is 21.7 Å². The van der Waals surface area contributed by atoms with Crippen molar-refractivity contribution in [1.82, 2.24) is 4.98 Å². The summed E-state index contributed by atoms with van der Waals surface area (Å²) in [7, 11) is 0. The van der Waals surface area contributed by atoms with Crippen LogP contribution < -0.4 is 0 Å². The van der Waals surface area contributed by atoms with Crippen LogP contribution >= 0.6 is 12.4 Å². The molecule has 0 radical (unpaired) electrons. The van der Waals surface area contributed by atoms with Gasteiger partial charge in [0.15, 0.2) is 0 Å². The van der Waals surface area contributed by atoms with Crippen LogP contribution in [0.5, 0.6) is 0 Å². The Kier molecular flexibility index (Phi) is 2.77. The Morgan fingerprint density at radius 3 is 2.65 bits per heavy atom. The van der Waals surface area contributed by atoms with Crippen molar-refractivity contribution in [3.63, 3.8) is 0 Å². The van der Waals surface area contributed by atoms with Crippen molar-refractivity contribution in [2.75, 3.05) is 0 Å². The predicted octanol–water partition coefficient (Wildman–Crippen LogP) is 3.44. The molecule has 0 atom stereocenters. The van der Waals surface area contributed by atoms with Crippen LogP contribution in [0.4, 0.5) is 0 Å². The summed E-state index contributed by atoms with van der Waals surface area (Å²) >= 11 is 0. The Labute approximate surface area is 103 Å². The molecule has 1 heterocycles. The summed E-state index contributed by atoms with van der Waals surface area (Å²) < 4.78 is 0. The average molecular weight is 248 g/mol. The SMILES string of the molecule is Cl.O=C(O)c1cc2ccccc2c2cc[nH]c12. The van der Waals surface area contributed by atoms with Crippen LogP contribution in [0.1, 0.15) is 10.4 Å². The van der Waals surface area contributed by atoms with Crippen molar-refractivity contribution >= 4 is 40.1 Å². The summed E-state index contributed by atoms with van der Waals surface area (Å²) in [6.07, 6.45) is 1.77. The Balaban J connectivity index is 0.00000108. The third kappa shape index (κ3) is 1.65. The van der Waals surface area contributed by atoms with Gasteiger partial charge in [-0.3, -0.25) is 0 Å². The minimum atomic E-state index is -0.904. The van der Waals surface area contributed by atoms with E-state index < -0.39 is 5.97 Å². The fourth-order valence-electron chi connectivity index (χ4n) is 2.08. The van der Waals surface area contributed by atoms with E-state index in [1.807, 2.05) is 30.3 Å². The predicted molar refractivity (Wildman–Crippen MR) is 70.0 cm³/mol. The van der Waals surface area contributed by atoms with Gasteiger partial charge in [0.05, 0.1) is 11.1 Å². The van der Waals surface area contributed by atoms with Gasteiger partial charge in [0.25, 0.3) is 0 Å². The van der Waals surface area contributed by atoms with Gasteiger partial charge in [0.1, 0.15) is 0 Å². The number of hydrogen-bond donors (Lipinski definition) is 2. The molecule has 3 rings (SSSR count). The molecule has 0 bridgehead atoms. The van der Waals surface area contributed by atoms with Gasteiger partial charge in [-0.25, -0.2) is 4.79 Å². The molecule has 3 nitrogen and oxygen atoms in total. The largest absolute Gasteiger partial charge is 0.478 e. The Hall–Kier alpha value is -2.00. The van der Waals surface area contributed by atoms with Crippen LogP contribution in [0.15, 0.2) is 42.6 Å². The van der Waals surface area contributed by atoms with Crippen LogP contribution in [0, 0.1) is 0 Å². The summed E-state index contributed by atoms with van der Waals surface area (Å²) in [5.41, 5.74) is 1.00. The van der Waals surface area contributed by atoms with Crippen LogP contribution in [-0.4, -0.2) is 16.1 Å². The summed E-state index contributed by atoms with van der Waals surface area (Å²) in [6, 6.07) is 11.4. The van der Waals surface area contributed by atoms with Gasteiger partial charge >= 0.3 is 5.97 Å². The van der Waals surface area contributed by atoms with E-state index in [-0.39, 0.29) is 12.4 Å². The van der Waals surface area contributed by atoms with Gasteiger partial charge in [0, 0.05) is 11.6 Å². The molecule has 0 fully saturated rings. The first-order chi connectivity index (χ1) is 7.77. The monoisotopic (exact) mass is 247 g/mol. The molecule has 0 unspecified atom stereocenters. The molecule has 3 aromatic rings. The standard InChI is InChI=1S/C13H9NO2.ClH/c15-13(16)11-7-8-3-1-2-4-9(8)10-5-6-14-12(10)11;/h1-7,14H,(H,15,16);1H. The fourth-order valence-corrected chi connectivity index (χ4v) is 2.08. The van der Waals surface area contributed by atoms with Crippen molar-refractivity contribution in [1.29, 1.82) is 0 Å². The second-order valence-electron chi connectivity index (χ2n) is 3.72. The summed E-state index contributed by atoms with van der Waals surface area (Å²) in [5, 5.41) is 12.1. The minimum Gasteiger partial charge on any atom is -0.478 e. The number of carboxylic acid groups (broad SMARTS) is 1. The fraction of sp³-hybridized carbons (Fsp3) is 0. The van der Waals surface area contributed by atoms with Crippen molar-refractivity contribution in [3.05, 3.63) is 48.2 Å². The van der Waals surface area contributed by atoms with Gasteiger partial charge in [-0.1, -0.05) is 24.3 Å². The number of carboxylic acids is 1. The second kappa shape index (κ2) is 4.11. The molecule has 17 heavy (non-hydrogen) atoms. The molecule has 4 heteroatoms. The highest BCUT2D eigenvalue weighted by Crippen LogP contribution is 2.27. The summed E-state index contributed by atoms with van der Waals surface area (Å²) in [6.45, 7) is 0. The van der Waals surface area contributed by atoms with E-state index in [0.717, 1.165) is 16.2 Å². The summed E-state index contributed by atoms with van der Waals surface area (Å²) in [5.74, 6) is -0.904. The molecule has 2 aromatic carbocycles. The number of hydrogen-bond acceptors (Lipinski definition) is 1. The number of fused-ring (bicyclic) bond motifs is 3. The zero-order chi connectivity index (χ0) is 11.1. The van der Waals surface area contributed by atoms with E-state index in [9.17, 15) is 4.79 Å². The number of carbonyl (C=O) groups is 1. The topological polar surface area (TPSA) is 53.1 Å². The van der Waals surface area contributed by atoms with Crippen LogP contribution in [0.3, 0.4) is 0 Å².